The van der Waals surface area contributed by atoms with Crippen LogP contribution in [-0.4, -0.2) is 11.1 Å². The molecule has 0 aromatic carbocycles. The summed E-state index contributed by atoms with van der Waals surface area (Å²) in [7, 11) is 0. The topological polar surface area (TPSA) is 37.3 Å². The summed E-state index contributed by atoms with van der Waals surface area (Å²) >= 11 is 0. The van der Waals surface area contributed by atoms with Crippen molar-refractivity contribution in [3.05, 3.63) is 48.1 Å². The van der Waals surface area contributed by atoms with Crippen LogP contribution in [0.4, 0.5) is 0 Å². The van der Waals surface area contributed by atoms with E-state index in [-0.39, 0.29) is 0 Å². The van der Waals surface area contributed by atoms with Crippen LogP contribution in [0.25, 0.3) is 0 Å². The number of unbranched alkanes of at least 4 members (excludes halogenated alkanes) is 3. The van der Waals surface area contributed by atoms with Gasteiger partial charge in [0, 0.05) is 6.42 Å². The van der Waals surface area contributed by atoms with E-state index in [1.54, 1.807) is 0 Å². The number of rotatable bonds is 13. The molecule has 23 heavy (non-hydrogen) atoms. The first-order chi connectivity index (χ1) is 11.2. The lowest BCUT2D eigenvalue weighted by Crippen LogP contribution is -1.94. The van der Waals surface area contributed by atoms with E-state index in [1.165, 1.54) is 31.3 Å². The van der Waals surface area contributed by atoms with Crippen LogP contribution in [0, 0.1) is 5.92 Å². The monoisotopic (exact) mass is 316 g/mol. The minimum absolute atomic E-state index is 0.301. The normalized spacial score (nSPS) is 19.5. The highest BCUT2D eigenvalue weighted by Crippen LogP contribution is 2.41. The highest BCUT2D eigenvalue weighted by Gasteiger charge is 2.28. The zero-order chi connectivity index (χ0) is 16.8. The van der Waals surface area contributed by atoms with Gasteiger partial charge >= 0.3 is 5.97 Å². The largest absolute Gasteiger partial charge is 0.481 e. The van der Waals surface area contributed by atoms with Gasteiger partial charge in [-0.3, -0.25) is 4.79 Å². The first-order valence-corrected chi connectivity index (χ1v) is 9.09. The molecular formula is C21H32O2. The zero-order valence-electron chi connectivity index (χ0n) is 14.5. The molecule has 0 bridgehead atoms. The summed E-state index contributed by atoms with van der Waals surface area (Å²) in [6.07, 6.45) is 26.0. The molecule has 1 atom stereocenters. The molecule has 1 saturated carbocycles. The van der Waals surface area contributed by atoms with Crippen molar-refractivity contribution < 1.29 is 9.90 Å². The molecule has 1 aliphatic carbocycles. The molecule has 0 radical (unpaired) electrons. The number of aliphatic carboxylic acids is 1. The van der Waals surface area contributed by atoms with E-state index in [0.717, 1.165) is 32.1 Å². The maximum absolute atomic E-state index is 10.5. The van der Waals surface area contributed by atoms with Gasteiger partial charge < -0.3 is 5.11 Å². The summed E-state index contributed by atoms with van der Waals surface area (Å²) in [5.74, 6) is -0.137. The molecule has 0 heterocycles. The van der Waals surface area contributed by atoms with Crippen LogP contribution >= 0.6 is 0 Å². The zero-order valence-corrected chi connectivity index (χ0v) is 14.5. The van der Waals surface area contributed by atoms with E-state index in [4.69, 9.17) is 5.11 Å². The average molecular weight is 316 g/mol. The highest BCUT2D eigenvalue weighted by atomic mass is 16.4. The Balaban J connectivity index is 1.96. The van der Waals surface area contributed by atoms with Crippen molar-refractivity contribution in [3.63, 3.8) is 0 Å². The Morgan fingerprint density at radius 1 is 1.04 bits per heavy atom. The van der Waals surface area contributed by atoms with Crippen molar-refractivity contribution in [2.24, 2.45) is 5.92 Å². The quantitative estimate of drug-likeness (QED) is 0.323. The third-order valence-electron chi connectivity index (χ3n) is 4.09. The van der Waals surface area contributed by atoms with Crippen molar-refractivity contribution in [2.45, 2.75) is 71.1 Å². The van der Waals surface area contributed by atoms with Crippen LogP contribution in [0.2, 0.25) is 0 Å². The van der Waals surface area contributed by atoms with E-state index < -0.39 is 5.97 Å². The third-order valence-corrected chi connectivity index (χ3v) is 4.09. The fourth-order valence-electron chi connectivity index (χ4n) is 2.55. The van der Waals surface area contributed by atoms with Gasteiger partial charge in [-0.1, -0.05) is 67.9 Å². The standard InChI is InChI=1S/C21H32O2/c1-2-3-4-5-6-7-8-9-10-11-12-13-14-15-19-18-20(19)16-17-21(22)23/h6-7,9-10,12-13,15,20H,2-5,8,11,14,16-18H2,1H3,(H,22,23). The van der Waals surface area contributed by atoms with Gasteiger partial charge in [0.15, 0.2) is 0 Å². The van der Waals surface area contributed by atoms with Crippen molar-refractivity contribution in [3.8, 4) is 0 Å². The molecule has 2 heteroatoms. The highest BCUT2D eigenvalue weighted by molar-refractivity contribution is 5.66. The van der Waals surface area contributed by atoms with E-state index in [1.807, 2.05) is 0 Å². The molecule has 0 saturated heterocycles. The lowest BCUT2D eigenvalue weighted by atomic mass is 10.2. The van der Waals surface area contributed by atoms with E-state index in [2.05, 4.69) is 49.5 Å². The Morgan fingerprint density at radius 2 is 1.70 bits per heavy atom. The minimum atomic E-state index is -0.682. The van der Waals surface area contributed by atoms with Gasteiger partial charge in [-0.2, -0.15) is 0 Å². The molecule has 2 nitrogen and oxygen atoms in total. The van der Waals surface area contributed by atoms with Crippen LogP contribution in [0.1, 0.15) is 71.1 Å². The SMILES string of the molecule is CCCCCC=CCC=CCC=CCC=C1CC1CCC(=O)O. The van der Waals surface area contributed by atoms with Gasteiger partial charge in [0.2, 0.25) is 0 Å². The maximum atomic E-state index is 10.5. The van der Waals surface area contributed by atoms with E-state index in [9.17, 15) is 4.79 Å². The van der Waals surface area contributed by atoms with Crippen molar-refractivity contribution >= 4 is 5.97 Å². The van der Waals surface area contributed by atoms with Crippen molar-refractivity contribution in [1.82, 2.24) is 0 Å². The van der Waals surface area contributed by atoms with Crippen LogP contribution in [-0.2, 0) is 4.79 Å². The first kappa shape index (κ1) is 19.5. The van der Waals surface area contributed by atoms with Gasteiger partial charge in [-0.15, -0.1) is 0 Å². The van der Waals surface area contributed by atoms with E-state index >= 15 is 0 Å². The number of carboxylic acid groups (broad SMARTS) is 1. The Labute approximate surface area is 141 Å². The van der Waals surface area contributed by atoms with Crippen LogP contribution < -0.4 is 0 Å². The van der Waals surface area contributed by atoms with Gasteiger partial charge in [0.25, 0.3) is 0 Å². The molecule has 1 rings (SSSR count). The smallest absolute Gasteiger partial charge is 0.303 e. The van der Waals surface area contributed by atoms with Crippen molar-refractivity contribution in [1.29, 1.82) is 0 Å². The Bertz CT molecular complexity index is 441. The summed E-state index contributed by atoms with van der Waals surface area (Å²) in [4.78, 5) is 10.5. The summed E-state index contributed by atoms with van der Waals surface area (Å²) < 4.78 is 0. The molecule has 0 aromatic rings. The molecule has 128 valence electrons. The summed E-state index contributed by atoms with van der Waals surface area (Å²) in [5, 5.41) is 8.63. The maximum Gasteiger partial charge on any atom is 0.303 e. The number of hydrogen-bond acceptors (Lipinski definition) is 1. The summed E-state index contributed by atoms with van der Waals surface area (Å²) in [5.41, 5.74) is 1.44. The summed E-state index contributed by atoms with van der Waals surface area (Å²) in [6.45, 7) is 2.23. The van der Waals surface area contributed by atoms with Crippen LogP contribution in [0.5, 0.6) is 0 Å². The lowest BCUT2D eigenvalue weighted by Gasteiger charge is -1.90. The molecule has 0 aliphatic heterocycles. The molecule has 1 unspecified atom stereocenters. The number of carbonyl (C=O) groups is 1. The number of carboxylic acids is 1. The van der Waals surface area contributed by atoms with Gasteiger partial charge in [0.1, 0.15) is 0 Å². The van der Waals surface area contributed by atoms with Crippen LogP contribution in [0.3, 0.4) is 0 Å². The Hall–Kier alpha value is -1.57. The second kappa shape index (κ2) is 12.9. The number of allylic oxidation sites excluding steroid dienone is 8. The second-order valence-corrected chi connectivity index (χ2v) is 6.23. The molecular weight excluding hydrogens is 284 g/mol. The predicted octanol–water partition coefficient (Wildman–Crippen LogP) is 6.22. The first-order valence-electron chi connectivity index (χ1n) is 9.09. The lowest BCUT2D eigenvalue weighted by molar-refractivity contribution is -0.137. The minimum Gasteiger partial charge on any atom is -0.481 e. The van der Waals surface area contributed by atoms with Gasteiger partial charge in [0.05, 0.1) is 0 Å². The van der Waals surface area contributed by atoms with E-state index in [0.29, 0.717) is 12.3 Å². The Morgan fingerprint density at radius 3 is 2.35 bits per heavy atom. The molecule has 0 amide bonds. The fraction of sp³-hybridized carbons (Fsp3) is 0.571. The molecule has 0 spiro atoms. The third kappa shape index (κ3) is 11.6. The van der Waals surface area contributed by atoms with Crippen LogP contribution in [0.15, 0.2) is 48.1 Å². The van der Waals surface area contributed by atoms with Gasteiger partial charge in [-0.05, 0) is 50.9 Å². The summed E-state index contributed by atoms with van der Waals surface area (Å²) in [6, 6.07) is 0. The molecule has 1 aliphatic rings. The fourth-order valence-corrected chi connectivity index (χ4v) is 2.55. The molecule has 1 N–H and O–H groups in total. The van der Waals surface area contributed by atoms with Crippen molar-refractivity contribution in [2.75, 3.05) is 0 Å². The molecule has 1 fully saturated rings. The predicted molar refractivity (Wildman–Crippen MR) is 98.5 cm³/mol. The number of hydrogen-bond donors (Lipinski definition) is 1. The average Bonchev–Trinajstić information content (AvgIpc) is 3.28. The Kier molecular flexibility index (Phi) is 10.9. The second-order valence-electron chi connectivity index (χ2n) is 6.23. The van der Waals surface area contributed by atoms with Gasteiger partial charge in [-0.25, -0.2) is 0 Å². The molecule has 0 aromatic heterocycles.